The molecule has 0 N–H and O–H groups in total. The Labute approximate surface area is 339 Å². The molecule has 0 spiro atoms. The van der Waals surface area contributed by atoms with Gasteiger partial charge in [-0.25, -0.2) is 0 Å². The molecule has 1 radical (unpaired) electrons. The third-order valence-corrected chi connectivity index (χ3v) is 10.7. The second-order valence-corrected chi connectivity index (χ2v) is 14.6. The van der Waals surface area contributed by atoms with Gasteiger partial charge >= 0.3 is 0 Å². The fraction of sp³-hybridized carbons (Fsp3) is 0.176. The molecule has 2 heterocycles. The quantitative estimate of drug-likeness (QED) is 0.156. The van der Waals surface area contributed by atoms with Crippen LogP contribution in [-0.2, 0) is 27.2 Å². The molecule has 2 aromatic heterocycles. The summed E-state index contributed by atoms with van der Waals surface area (Å²) in [5, 5.41) is 2.38. The molecule has 0 amide bonds. The molecule has 0 saturated heterocycles. The molecular weight excluding hydrogens is 847 g/mol. The Balaban J connectivity index is 0.000000167. The van der Waals surface area contributed by atoms with Crippen LogP contribution in [0.25, 0.3) is 66.9 Å². The van der Waals surface area contributed by atoms with Gasteiger partial charge < -0.3 is 9.55 Å². The van der Waals surface area contributed by atoms with E-state index in [1.165, 1.54) is 81.8 Å². The molecule has 1 saturated carbocycles. The minimum absolute atomic E-state index is 0. The number of benzene rings is 6. The summed E-state index contributed by atoms with van der Waals surface area (Å²) in [4.78, 5) is 9.25. The van der Waals surface area contributed by atoms with Crippen LogP contribution < -0.4 is 0 Å². The summed E-state index contributed by atoms with van der Waals surface area (Å²) in [7, 11) is 2.05. The van der Waals surface area contributed by atoms with E-state index >= 15 is 0 Å². The van der Waals surface area contributed by atoms with Crippen LogP contribution in [0.2, 0.25) is 0 Å². The van der Waals surface area contributed by atoms with Gasteiger partial charge in [-0.2, -0.15) is 0 Å². The molecule has 8 aromatic rings. The van der Waals surface area contributed by atoms with Crippen molar-refractivity contribution in [2.24, 2.45) is 7.05 Å². The third-order valence-electron chi connectivity index (χ3n) is 10.7. The van der Waals surface area contributed by atoms with E-state index in [1.807, 2.05) is 48.8 Å². The minimum atomic E-state index is 0. The average molecular weight is 892 g/mol. The fourth-order valence-electron chi connectivity index (χ4n) is 7.84. The summed E-state index contributed by atoms with van der Waals surface area (Å²) in [6.45, 7) is 4.28. The van der Waals surface area contributed by atoms with Crippen molar-refractivity contribution in [2.75, 3.05) is 0 Å². The number of imidazole rings is 1. The van der Waals surface area contributed by atoms with Crippen LogP contribution in [0.5, 0.6) is 0 Å². The number of aromatic nitrogens is 3. The van der Waals surface area contributed by atoms with Gasteiger partial charge in [0.15, 0.2) is 0 Å². The van der Waals surface area contributed by atoms with Crippen LogP contribution in [-0.4, -0.2) is 14.5 Å². The summed E-state index contributed by atoms with van der Waals surface area (Å²) in [6, 6.07) is 56.0. The van der Waals surface area contributed by atoms with Crippen LogP contribution in [0.15, 0.2) is 152 Å². The monoisotopic (exact) mass is 892 g/mol. The van der Waals surface area contributed by atoms with Crippen molar-refractivity contribution in [3.63, 3.8) is 0 Å². The van der Waals surface area contributed by atoms with Gasteiger partial charge in [0.2, 0.25) is 0 Å². The standard InChI is InChI=1S/C27H24N.C24H21N2.Ir/c1-2-7-20(8-3-1)21-13-15-22(16-14-21)23-11-6-12-25(17-23)27-18-24-9-4-5-10-26(24)19-28-27;1-17-13-18(2)15-22(14-17)19-9-11-20(12-10-19)23-16-25-24(26(23)3)21-7-5-4-6-8-21;/h4-6,9-11,13-20H,1-3,7-8H2;4-7,9-16H,1-3H3;/q2*-1;. The average Bonchev–Trinajstić information content (AvgIpc) is 3.62. The van der Waals surface area contributed by atoms with Crippen LogP contribution in [0.4, 0.5) is 0 Å². The molecule has 0 aliphatic heterocycles. The Hall–Kier alpha value is -5.41. The van der Waals surface area contributed by atoms with Crippen molar-refractivity contribution in [2.45, 2.75) is 51.9 Å². The first-order chi connectivity index (χ1) is 26.5. The van der Waals surface area contributed by atoms with E-state index in [4.69, 9.17) is 0 Å². The SMILES string of the molecule is Cc1cc(C)cc(-c2ccc(-c3cnc(-c4[c-]cccc4)n3C)cc2)c1.[Ir].[c-]1ccc(-c2ccc(C3CCCCC3)cc2)cc1-c1cc2ccccc2cn1. The van der Waals surface area contributed by atoms with E-state index in [9.17, 15) is 0 Å². The van der Waals surface area contributed by atoms with Crippen molar-refractivity contribution < 1.29 is 20.1 Å². The predicted molar refractivity (Wildman–Crippen MR) is 225 cm³/mol. The van der Waals surface area contributed by atoms with Crippen molar-refractivity contribution in [1.82, 2.24) is 14.5 Å². The van der Waals surface area contributed by atoms with E-state index < -0.39 is 0 Å². The van der Waals surface area contributed by atoms with E-state index in [-0.39, 0.29) is 20.1 Å². The van der Waals surface area contributed by atoms with Gasteiger partial charge in [-0.15, -0.1) is 71.3 Å². The van der Waals surface area contributed by atoms with Gasteiger partial charge in [0.25, 0.3) is 0 Å². The van der Waals surface area contributed by atoms with Crippen LogP contribution >= 0.6 is 0 Å². The Morgan fingerprint density at radius 3 is 1.93 bits per heavy atom. The summed E-state index contributed by atoms with van der Waals surface area (Å²) in [5.74, 6) is 1.68. The summed E-state index contributed by atoms with van der Waals surface area (Å²) < 4.78 is 2.12. The van der Waals surface area contributed by atoms with Gasteiger partial charge in [0.1, 0.15) is 0 Å². The Kier molecular flexibility index (Phi) is 12.0. The smallest absolute Gasteiger partial charge is 0.0587 e. The van der Waals surface area contributed by atoms with E-state index in [0.29, 0.717) is 0 Å². The van der Waals surface area contributed by atoms with Gasteiger partial charge in [-0.05, 0) is 76.9 Å². The van der Waals surface area contributed by atoms with Gasteiger partial charge in [0, 0.05) is 39.5 Å². The number of rotatable bonds is 6. The maximum atomic E-state index is 4.66. The second-order valence-electron chi connectivity index (χ2n) is 14.6. The Morgan fingerprint density at radius 2 is 1.20 bits per heavy atom. The topological polar surface area (TPSA) is 30.7 Å². The van der Waals surface area contributed by atoms with Crippen molar-refractivity contribution in [3.8, 4) is 56.2 Å². The number of pyridine rings is 1. The maximum Gasteiger partial charge on any atom is 0.0587 e. The first kappa shape index (κ1) is 37.9. The predicted octanol–water partition coefficient (Wildman–Crippen LogP) is 13.3. The zero-order valence-electron chi connectivity index (χ0n) is 31.7. The molecule has 275 valence electrons. The first-order valence-electron chi connectivity index (χ1n) is 19.1. The van der Waals surface area contributed by atoms with Gasteiger partial charge in [-0.1, -0.05) is 127 Å². The van der Waals surface area contributed by atoms with E-state index in [2.05, 4.69) is 151 Å². The first-order valence-corrected chi connectivity index (χ1v) is 19.1. The number of nitrogens with zero attached hydrogens (tertiary/aromatic N) is 3. The number of fused-ring (bicyclic) bond motifs is 1. The molecule has 0 atom stereocenters. The summed E-state index contributed by atoms with van der Waals surface area (Å²) in [5.41, 5.74) is 14.3. The van der Waals surface area contributed by atoms with Crippen molar-refractivity contribution >= 4 is 10.8 Å². The molecule has 55 heavy (non-hydrogen) atoms. The zero-order chi connectivity index (χ0) is 36.9. The molecule has 6 aromatic carbocycles. The second kappa shape index (κ2) is 17.4. The minimum Gasteiger partial charge on any atom is -0.367 e. The van der Waals surface area contributed by atoms with Gasteiger partial charge in [0.05, 0.1) is 11.5 Å². The molecular formula is C51H45IrN3-2. The van der Waals surface area contributed by atoms with Crippen LogP contribution in [0, 0.1) is 26.0 Å². The molecule has 3 nitrogen and oxygen atoms in total. The third kappa shape index (κ3) is 8.78. The van der Waals surface area contributed by atoms with Crippen LogP contribution in [0.1, 0.15) is 54.7 Å². The summed E-state index contributed by atoms with van der Waals surface area (Å²) >= 11 is 0. The largest absolute Gasteiger partial charge is 0.367 e. The zero-order valence-corrected chi connectivity index (χ0v) is 34.1. The van der Waals surface area contributed by atoms with E-state index in [0.717, 1.165) is 39.8 Å². The molecule has 1 aliphatic carbocycles. The molecule has 4 heteroatoms. The number of hydrogen-bond donors (Lipinski definition) is 0. The van der Waals surface area contributed by atoms with Crippen molar-refractivity contribution in [3.05, 3.63) is 181 Å². The van der Waals surface area contributed by atoms with Crippen molar-refractivity contribution in [1.29, 1.82) is 0 Å². The molecule has 0 bridgehead atoms. The fourth-order valence-corrected chi connectivity index (χ4v) is 7.84. The number of hydrogen-bond acceptors (Lipinski definition) is 2. The van der Waals surface area contributed by atoms with Crippen LogP contribution in [0.3, 0.4) is 0 Å². The normalized spacial score (nSPS) is 12.8. The molecule has 9 rings (SSSR count). The van der Waals surface area contributed by atoms with E-state index in [1.54, 1.807) is 0 Å². The Bertz CT molecular complexity index is 2470. The molecule has 1 fully saturated rings. The number of aryl methyl sites for hydroxylation is 2. The maximum absolute atomic E-state index is 4.66. The molecule has 1 aliphatic rings. The Morgan fingerprint density at radius 1 is 0.545 bits per heavy atom. The molecule has 0 unspecified atom stereocenters. The summed E-state index contributed by atoms with van der Waals surface area (Å²) in [6.07, 6.45) is 10.7. The van der Waals surface area contributed by atoms with Gasteiger partial charge in [-0.3, -0.25) is 4.98 Å².